The molecule has 2 aromatic heterocycles. The van der Waals surface area contributed by atoms with E-state index >= 15 is 0 Å². The van der Waals surface area contributed by atoms with Gasteiger partial charge in [-0.3, -0.25) is 9.36 Å². The average Bonchev–Trinajstić information content (AvgIpc) is 2.67. The average molecular weight is 191 g/mol. The second-order valence-corrected chi connectivity index (χ2v) is 3.35. The Bertz CT molecular complexity index is 440. The highest BCUT2D eigenvalue weighted by Gasteiger charge is 2.04. The van der Waals surface area contributed by atoms with Crippen LogP contribution in [0.5, 0.6) is 0 Å². The van der Waals surface area contributed by atoms with Crippen LogP contribution in [0.25, 0.3) is 0 Å². The molecule has 5 nitrogen and oxygen atoms in total. The minimum absolute atomic E-state index is 0.687. The van der Waals surface area contributed by atoms with E-state index in [9.17, 15) is 0 Å². The molecular formula is C9H13N5. The Morgan fingerprint density at radius 2 is 2.14 bits per heavy atom. The first kappa shape index (κ1) is 8.80. The highest BCUT2D eigenvalue weighted by Crippen LogP contribution is 2.08. The molecule has 0 saturated carbocycles. The summed E-state index contributed by atoms with van der Waals surface area (Å²) in [5, 5.41) is 8.28. The molecule has 2 N–H and O–H groups in total. The van der Waals surface area contributed by atoms with Gasteiger partial charge >= 0.3 is 0 Å². The first-order chi connectivity index (χ1) is 6.66. The number of aryl methyl sites for hydroxylation is 1. The topological polar surface area (TPSA) is 61.7 Å². The van der Waals surface area contributed by atoms with Crippen LogP contribution in [-0.4, -0.2) is 19.6 Å². The van der Waals surface area contributed by atoms with Gasteiger partial charge in [0, 0.05) is 24.5 Å². The molecular weight excluding hydrogens is 178 g/mol. The fourth-order valence-corrected chi connectivity index (χ4v) is 1.34. The molecule has 0 unspecified atom stereocenters. The Balaban J connectivity index is 2.22. The molecule has 0 saturated heterocycles. The lowest BCUT2D eigenvalue weighted by Gasteiger charge is -2.00. The van der Waals surface area contributed by atoms with Gasteiger partial charge in [0.25, 0.3) is 0 Å². The number of rotatable bonds is 2. The van der Waals surface area contributed by atoms with E-state index in [1.54, 1.807) is 10.9 Å². The van der Waals surface area contributed by atoms with E-state index in [1.807, 2.05) is 31.0 Å². The summed E-state index contributed by atoms with van der Waals surface area (Å²) >= 11 is 0. The number of hydrogen-bond donors (Lipinski definition) is 1. The zero-order valence-corrected chi connectivity index (χ0v) is 8.31. The van der Waals surface area contributed by atoms with E-state index in [1.165, 1.54) is 0 Å². The summed E-state index contributed by atoms with van der Waals surface area (Å²) in [6.07, 6.45) is 5.31. The number of nitrogens with two attached hydrogens (primary N) is 1. The highest BCUT2D eigenvalue weighted by molar-refractivity contribution is 5.31. The van der Waals surface area contributed by atoms with Crippen molar-refractivity contribution in [2.75, 3.05) is 5.73 Å². The first-order valence-electron chi connectivity index (χ1n) is 4.42. The molecule has 0 atom stereocenters. The van der Waals surface area contributed by atoms with Gasteiger partial charge in [-0.1, -0.05) is 0 Å². The van der Waals surface area contributed by atoms with Gasteiger partial charge in [-0.2, -0.15) is 10.2 Å². The lowest BCUT2D eigenvalue weighted by molar-refractivity contribution is 0.678. The second kappa shape index (κ2) is 3.17. The molecule has 0 radical (unpaired) electrons. The van der Waals surface area contributed by atoms with Crippen LogP contribution < -0.4 is 5.73 Å². The molecule has 0 aromatic carbocycles. The molecule has 0 fully saturated rings. The Morgan fingerprint density at radius 3 is 2.64 bits per heavy atom. The van der Waals surface area contributed by atoms with Crippen LogP contribution in [-0.2, 0) is 13.6 Å². The summed E-state index contributed by atoms with van der Waals surface area (Å²) in [4.78, 5) is 0. The van der Waals surface area contributed by atoms with Crippen LogP contribution in [0, 0.1) is 6.92 Å². The van der Waals surface area contributed by atoms with Crippen molar-refractivity contribution in [1.29, 1.82) is 0 Å². The van der Waals surface area contributed by atoms with E-state index in [4.69, 9.17) is 5.73 Å². The molecule has 2 rings (SSSR count). The molecule has 0 spiro atoms. The molecule has 0 aliphatic heterocycles. The number of nitrogens with zero attached hydrogens (tertiary/aromatic N) is 4. The molecule has 0 aliphatic rings. The third-order valence-corrected chi connectivity index (χ3v) is 2.32. The minimum atomic E-state index is 0.687. The number of aromatic nitrogens is 4. The van der Waals surface area contributed by atoms with Crippen LogP contribution in [0.3, 0.4) is 0 Å². The minimum Gasteiger partial charge on any atom is -0.396 e. The highest BCUT2D eigenvalue weighted by atomic mass is 15.3. The van der Waals surface area contributed by atoms with E-state index in [0.717, 1.165) is 17.8 Å². The number of anilines is 1. The zero-order chi connectivity index (χ0) is 10.1. The maximum atomic E-state index is 5.57. The van der Waals surface area contributed by atoms with Gasteiger partial charge in [-0.15, -0.1) is 0 Å². The van der Waals surface area contributed by atoms with E-state index < -0.39 is 0 Å². The van der Waals surface area contributed by atoms with Crippen molar-refractivity contribution in [3.8, 4) is 0 Å². The lowest BCUT2D eigenvalue weighted by Crippen LogP contribution is -2.01. The quantitative estimate of drug-likeness (QED) is 0.754. The maximum absolute atomic E-state index is 5.57. The molecule has 5 heteroatoms. The van der Waals surface area contributed by atoms with Gasteiger partial charge in [-0.25, -0.2) is 0 Å². The Morgan fingerprint density at radius 1 is 1.36 bits per heavy atom. The third kappa shape index (κ3) is 1.48. The van der Waals surface area contributed by atoms with Crippen molar-refractivity contribution >= 4 is 5.69 Å². The van der Waals surface area contributed by atoms with Crippen molar-refractivity contribution in [2.24, 2.45) is 7.05 Å². The fraction of sp³-hybridized carbons (Fsp3) is 0.333. The molecule has 0 amide bonds. The van der Waals surface area contributed by atoms with Crippen LogP contribution in [0.2, 0.25) is 0 Å². The summed E-state index contributed by atoms with van der Waals surface area (Å²) in [5.74, 6) is 0. The summed E-state index contributed by atoms with van der Waals surface area (Å²) in [6, 6.07) is 0. The van der Waals surface area contributed by atoms with Crippen molar-refractivity contribution < 1.29 is 0 Å². The second-order valence-electron chi connectivity index (χ2n) is 3.35. The van der Waals surface area contributed by atoms with E-state index in [-0.39, 0.29) is 0 Å². The Kier molecular flexibility index (Phi) is 1.99. The smallest absolute Gasteiger partial charge is 0.0719 e. The van der Waals surface area contributed by atoms with Gasteiger partial charge in [0.1, 0.15) is 0 Å². The predicted octanol–water partition coefficient (Wildman–Crippen LogP) is 0.556. The van der Waals surface area contributed by atoms with Crippen LogP contribution in [0.4, 0.5) is 5.69 Å². The van der Waals surface area contributed by atoms with Crippen LogP contribution in [0.15, 0.2) is 18.6 Å². The fourth-order valence-electron chi connectivity index (χ4n) is 1.34. The van der Waals surface area contributed by atoms with Crippen molar-refractivity contribution in [2.45, 2.75) is 13.5 Å². The first-order valence-corrected chi connectivity index (χ1v) is 4.42. The molecule has 0 bridgehead atoms. The summed E-state index contributed by atoms with van der Waals surface area (Å²) in [6.45, 7) is 2.76. The lowest BCUT2D eigenvalue weighted by atomic mass is 10.2. The molecule has 2 aromatic rings. The number of nitrogen functional groups attached to an aromatic ring is 1. The molecule has 2 heterocycles. The van der Waals surface area contributed by atoms with E-state index in [0.29, 0.717) is 5.69 Å². The van der Waals surface area contributed by atoms with Gasteiger partial charge in [0.2, 0.25) is 0 Å². The summed E-state index contributed by atoms with van der Waals surface area (Å²) < 4.78 is 3.65. The van der Waals surface area contributed by atoms with Gasteiger partial charge in [-0.05, 0) is 6.92 Å². The summed E-state index contributed by atoms with van der Waals surface area (Å²) in [5.41, 5.74) is 8.57. The van der Waals surface area contributed by atoms with E-state index in [2.05, 4.69) is 10.2 Å². The van der Waals surface area contributed by atoms with Gasteiger partial charge < -0.3 is 5.73 Å². The Labute approximate surface area is 82.1 Å². The maximum Gasteiger partial charge on any atom is 0.0719 e. The van der Waals surface area contributed by atoms with Crippen molar-refractivity contribution in [3.05, 3.63) is 29.8 Å². The third-order valence-electron chi connectivity index (χ3n) is 2.32. The number of hydrogen-bond acceptors (Lipinski definition) is 3. The monoisotopic (exact) mass is 191 g/mol. The van der Waals surface area contributed by atoms with Crippen LogP contribution >= 0.6 is 0 Å². The molecule has 74 valence electrons. The molecule has 14 heavy (non-hydrogen) atoms. The largest absolute Gasteiger partial charge is 0.396 e. The SMILES string of the molecule is Cc1c(Cn2cc(N)cn2)cnn1C. The molecule has 0 aliphatic carbocycles. The standard InChI is InChI=1S/C9H13N5/c1-7-8(3-11-13(7)2)5-14-6-9(10)4-12-14/h3-4,6H,5,10H2,1-2H3. The van der Waals surface area contributed by atoms with Gasteiger partial charge in [0.15, 0.2) is 0 Å². The normalized spacial score (nSPS) is 10.7. The Hall–Kier alpha value is -1.78. The summed E-state index contributed by atoms with van der Waals surface area (Å²) in [7, 11) is 1.93. The van der Waals surface area contributed by atoms with Crippen LogP contribution in [0.1, 0.15) is 11.3 Å². The zero-order valence-electron chi connectivity index (χ0n) is 8.31. The predicted molar refractivity (Wildman–Crippen MR) is 53.7 cm³/mol. The van der Waals surface area contributed by atoms with Gasteiger partial charge in [0.05, 0.1) is 24.6 Å². The van der Waals surface area contributed by atoms with Crippen molar-refractivity contribution in [3.63, 3.8) is 0 Å². The van der Waals surface area contributed by atoms with Crippen molar-refractivity contribution in [1.82, 2.24) is 19.6 Å².